The molecule has 3 aliphatic rings. The molecule has 8 nitrogen and oxygen atoms in total. The van der Waals surface area contributed by atoms with E-state index >= 15 is 4.39 Å². The predicted molar refractivity (Wildman–Crippen MR) is 159 cm³/mol. The van der Waals surface area contributed by atoms with Gasteiger partial charge in [-0.25, -0.2) is 9.18 Å². The van der Waals surface area contributed by atoms with Crippen molar-refractivity contribution in [3.63, 3.8) is 0 Å². The number of benzene rings is 2. The zero-order valence-electron chi connectivity index (χ0n) is 23.7. The summed E-state index contributed by atoms with van der Waals surface area (Å²) in [4.78, 5) is 31.9. The third-order valence-corrected chi connectivity index (χ3v) is 9.43. The van der Waals surface area contributed by atoms with Gasteiger partial charge >= 0.3 is 6.09 Å². The summed E-state index contributed by atoms with van der Waals surface area (Å²) in [5.74, 6) is 0.295. The van der Waals surface area contributed by atoms with Crippen LogP contribution in [0.3, 0.4) is 0 Å². The van der Waals surface area contributed by atoms with Crippen LogP contribution in [0.25, 0.3) is 0 Å². The molecular weight excluding hydrogens is 555 g/mol. The average molecular weight is 589 g/mol. The van der Waals surface area contributed by atoms with Crippen LogP contribution in [-0.4, -0.2) is 62.8 Å². The number of rotatable bonds is 7. The smallest absolute Gasteiger partial charge is 0.399 e. The summed E-state index contributed by atoms with van der Waals surface area (Å²) in [6, 6.07) is 18.0. The molecule has 3 aromatic rings. The summed E-state index contributed by atoms with van der Waals surface area (Å²) < 4.78 is 26.3. The molecule has 3 heterocycles. The molecule has 2 amide bonds. The number of anilines is 2. The lowest BCUT2D eigenvalue weighted by atomic mass is 9.86. The van der Waals surface area contributed by atoms with E-state index in [1.807, 2.05) is 47.2 Å². The van der Waals surface area contributed by atoms with Crippen LogP contribution in [0.15, 0.2) is 60.0 Å². The number of carbonyl (C=O) groups is 2. The molecule has 2 aromatic carbocycles. The fourth-order valence-corrected chi connectivity index (χ4v) is 6.61. The first-order valence-corrected chi connectivity index (χ1v) is 15.1. The van der Waals surface area contributed by atoms with E-state index in [0.717, 1.165) is 5.56 Å². The number of hydrogen-bond acceptors (Lipinski definition) is 7. The van der Waals surface area contributed by atoms with Gasteiger partial charge in [-0.05, 0) is 85.0 Å². The Morgan fingerprint density at radius 2 is 1.83 bits per heavy atom. The minimum atomic E-state index is -0.619. The van der Waals surface area contributed by atoms with Gasteiger partial charge < -0.3 is 19.3 Å². The van der Waals surface area contributed by atoms with Crippen molar-refractivity contribution in [3.05, 3.63) is 76.9 Å². The maximum Gasteiger partial charge on any atom is 0.420 e. The number of carbonyl (C=O) groups excluding carboxylic acids is 2. The minimum Gasteiger partial charge on any atom is -0.399 e. The number of likely N-dealkylation sites (tertiary alicyclic amines) is 1. The molecule has 218 valence electrons. The number of piperidine rings is 1. The Balaban J connectivity index is 1.14. The van der Waals surface area contributed by atoms with Crippen LogP contribution in [0.5, 0.6) is 5.06 Å². The molecule has 2 unspecified atom stereocenters. The van der Waals surface area contributed by atoms with E-state index in [2.05, 4.69) is 6.07 Å². The van der Waals surface area contributed by atoms with Gasteiger partial charge in [0.25, 0.3) is 5.91 Å². The van der Waals surface area contributed by atoms with Crippen molar-refractivity contribution in [1.29, 1.82) is 5.26 Å². The van der Waals surface area contributed by atoms with E-state index in [9.17, 15) is 14.9 Å². The molecule has 3 fully saturated rings. The number of amides is 2. The van der Waals surface area contributed by atoms with Crippen molar-refractivity contribution in [2.75, 3.05) is 55.7 Å². The van der Waals surface area contributed by atoms with E-state index in [-0.39, 0.29) is 29.5 Å². The summed E-state index contributed by atoms with van der Waals surface area (Å²) >= 11 is 1.32. The highest BCUT2D eigenvalue weighted by molar-refractivity contribution is 7.11. The maximum absolute atomic E-state index is 15.3. The van der Waals surface area contributed by atoms with Crippen molar-refractivity contribution in [1.82, 2.24) is 4.90 Å². The second-order valence-electron chi connectivity index (χ2n) is 11.7. The Morgan fingerprint density at radius 3 is 2.45 bits per heavy atom. The Hall–Kier alpha value is -3.94. The van der Waals surface area contributed by atoms with Gasteiger partial charge in [-0.2, -0.15) is 5.26 Å². The summed E-state index contributed by atoms with van der Waals surface area (Å²) in [5, 5.41) is 11.7. The largest absolute Gasteiger partial charge is 0.420 e. The second kappa shape index (κ2) is 11.4. The van der Waals surface area contributed by atoms with Crippen LogP contribution in [0, 0.1) is 34.9 Å². The first-order chi connectivity index (χ1) is 20.2. The Labute approximate surface area is 248 Å². The first-order valence-electron chi connectivity index (χ1n) is 14.2. The van der Waals surface area contributed by atoms with Crippen LogP contribution in [0.4, 0.5) is 20.6 Å². The van der Waals surface area contributed by atoms with Crippen LogP contribution in [0.2, 0.25) is 0 Å². The third-order valence-electron chi connectivity index (χ3n) is 8.68. The molecule has 1 aromatic heterocycles. The van der Waals surface area contributed by atoms with E-state index in [0.29, 0.717) is 67.9 Å². The number of halogens is 1. The molecule has 2 aliphatic heterocycles. The van der Waals surface area contributed by atoms with Crippen LogP contribution < -0.4 is 14.5 Å². The molecule has 1 aliphatic carbocycles. The number of hydrogen-bond donors (Lipinski definition) is 0. The highest BCUT2D eigenvalue weighted by Gasteiger charge is 2.57. The highest BCUT2D eigenvalue weighted by Crippen LogP contribution is 2.52. The lowest BCUT2D eigenvalue weighted by Crippen LogP contribution is -2.39. The first kappa shape index (κ1) is 28.2. The van der Waals surface area contributed by atoms with Gasteiger partial charge in [0.05, 0.1) is 36.1 Å². The van der Waals surface area contributed by atoms with Crippen LogP contribution in [-0.2, 0) is 10.2 Å². The van der Waals surface area contributed by atoms with Crippen molar-refractivity contribution < 1.29 is 23.5 Å². The Morgan fingerprint density at radius 1 is 1.12 bits per heavy atom. The molecule has 0 spiro atoms. The zero-order valence-corrected chi connectivity index (χ0v) is 24.5. The summed E-state index contributed by atoms with van der Waals surface area (Å²) in [7, 11) is 0. The van der Waals surface area contributed by atoms with E-state index in [1.54, 1.807) is 30.3 Å². The second-order valence-corrected chi connectivity index (χ2v) is 12.6. The summed E-state index contributed by atoms with van der Waals surface area (Å²) in [5.41, 5.74) is 1.79. The van der Waals surface area contributed by atoms with Gasteiger partial charge in [0.1, 0.15) is 5.82 Å². The minimum absolute atomic E-state index is 0.0306. The molecule has 1 saturated carbocycles. The van der Waals surface area contributed by atoms with Gasteiger partial charge in [-0.15, -0.1) is 11.3 Å². The molecule has 0 bridgehead atoms. The van der Waals surface area contributed by atoms with Crippen LogP contribution in [0.1, 0.15) is 29.8 Å². The van der Waals surface area contributed by atoms with Gasteiger partial charge in [0.15, 0.2) is 5.06 Å². The molecular formula is C32H33FN4O4S. The lowest BCUT2D eigenvalue weighted by molar-refractivity contribution is 0.0768. The number of fused-ring (bicyclic) bond motifs is 1. The molecule has 42 heavy (non-hydrogen) atoms. The monoisotopic (exact) mass is 588 g/mol. The van der Waals surface area contributed by atoms with Gasteiger partial charge in [-0.1, -0.05) is 12.1 Å². The normalized spacial score (nSPS) is 21.4. The fourth-order valence-electron chi connectivity index (χ4n) is 6.05. The quantitative estimate of drug-likeness (QED) is 0.360. The fraction of sp³-hybridized carbons (Fsp3) is 0.406. The van der Waals surface area contributed by atoms with Crippen molar-refractivity contribution in [3.8, 4) is 11.1 Å². The number of nitrogens with zero attached hydrogens (tertiary/aromatic N) is 4. The molecule has 10 heteroatoms. The standard InChI is InChI=1S/C32H33FN4O4S/c1-32(2,20-34)22-7-5-21(6-8-22)30(38)36-17-24-25(18-36)26(24)19-37(31(39)41-29-4-3-15-42-29)23-9-10-28(27(33)16-23)35-11-13-40-14-12-35/h3-10,15-16,24-26H,11-14,17-19H2,1-2H3. The highest BCUT2D eigenvalue weighted by atomic mass is 32.1. The summed E-state index contributed by atoms with van der Waals surface area (Å²) in [6.07, 6.45) is -0.547. The average Bonchev–Trinajstić information content (AvgIpc) is 3.34. The Bertz CT molecular complexity index is 1490. The lowest BCUT2D eigenvalue weighted by Gasteiger charge is -2.30. The van der Waals surface area contributed by atoms with Crippen LogP contribution >= 0.6 is 11.3 Å². The topological polar surface area (TPSA) is 86.1 Å². The van der Waals surface area contributed by atoms with Gasteiger partial charge in [-0.3, -0.25) is 9.69 Å². The molecule has 6 rings (SSSR count). The van der Waals surface area contributed by atoms with E-state index in [4.69, 9.17) is 9.47 Å². The van der Waals surface area contributed by atoms with Gasteiger partial charge in [0, 0.05) is 38.3 Å². The maximum atomic E-state index is 15.3. The van der Waals surface area contributed by atoms with Gasteiger partial charge in [0.2, 0.25) is 0 Å². The number of ether oxygens (including phenoxy) is 2. The SMILES string of the molecule is CC(C)(C#N)c1ccc(C(=O)N2CC3C(C2)C3CN(C(=O)Oc2cccs2)c2ccc(N3CCOCC3)c(F)c2)cc1. The molecule has 2 atom stereocenters. The Kier molecular flexibility index (Phi) is 7.64. The molecule has 2 saturated heterocycles. The van der Waals surface area contributed by atoms with E-state index in [1.165, 1.54) is 22.3 Å². The number of morpholine rings is 1. The van der Waals surface area contributed by atoms with Crippen molar-refractivity contribution in [2.24, 2.45) is 17.8 Å². The number of nitriles is 1. The molecule has 0 N–H and O–H groups in total. The third kappa shape index (κ3) is 5.59. The summed E-state index contributed by atoms with van der Waals surface area (Å²) in [6.45, 7) is 7.64. The number of thiophene rings is 1. The van der Waals surface area contributed by atoms with Crippen molar-refractivity contribution >= 4 is 34.7 Å². The predicted octanol–water partition coefficient (Wildman–Crippen LogP) is 5.55. The van der Waals surface area contributed by atoms with Crippen molar-refractivity contribution in [2.45, 2.75) is 19.3 Å². The van der Waals surface area contributed by atoms with E-state index < -0.39 is 11.5 Å². The molecule has 0 radical (unpaired) electrons. The zero-order chi connectivity index (χ0) is 29.4.